The lowest BCUT2D eigenvalue weighted by atomic mass is 10.1. The number of halogens is 1. The van der Waals surface area contributed by atoms with E-state index in [1.54, 1.807) is 25.1 Å². The third-order valence-electron chi connectivity index (χ3n) is 3.19. The van der Waals surface area contributed by atoms with Crippen LogP contribution < -0.4 is 10.2 Å². The summed E-state index contributed by atoms with van der Waals surface area (Å²) in [7, 11) is 0. The van der Waals surface area contributed by atoms with Crippen LogP contribution in [0.2, 0.25) is 5.02 Å². The van der Waals surface area contributed by atoms with E-state index in [1.165, 1.54) is 0 Å². The molecule has 1 saturated heterocycles. The van der Waals surface area contributed by atoms with Gasteiger partial charge in [-0.05, 0) is 25.1 Å². The molecule has 0 bridgehead atoms. The summed E-state index contributed by atoms with van der Waals surface area (Å²) in [5.41, 5.74) is 1.19. The standard InChI is InChI=1S/C14H16ClN3O2/c1-2-20-14(19)13-9-17-5-6-18(13)12-4-3-11(15)7-10(12)8-16/h3-4,7,13,17H,2,5-6,9H2,1H3. The van der Waals surface area contributed by atoms with Crippen LogP contribution >= 0.6 is 11.6 Å². The van der Waals surface area contributed by atoms with Gasteiger partial charge in [0.25, 0.3) is 0 Å². The third-order valence-corrected chi connectivity index (χ3v) is 3.43. The molecule has 0 amide bonds. The summed E-state index contributed by atoms with van der Waals surface area (Å²) in [6, 6.07) is 6.82. The van der Waals surface area contributed by atoms with E-state index in [0.717, 1.165) is 12.2 Å². The summed E-state index contributed by atoms with van der Waals surface area (Å²) in [5.74, 6) is -0.279. The molecule has 106 valence electrons. The van der Waals surface area contributed by atoms with Crippen molar-refractivity contribution in [2.45, 2.75) is 13.0 Å². The van der Waals surface area contributed by atoms with Gasteiger partial charge in [-0.3, -0.25) is 0 Å². The van der Waals surface area contributed by atoms with Crippen LogP contribution in [0.4, 0.5) is 5.69 Å². The average Bonchev–Trinajstić information content (AvgIpc) is 2.47. The summed E-state index contributed by atoms with van der Waals surface area (Å²) in [6.45, 7) is 4.02. The number of esters is 1. The lowest BCUT2D eigenvalue weighted by molar-refractivity contribution is -0.144. The van der Waals surface area contributed by atoms with Gasteiger partial charge in [-0.2, -0.15) is 5.26 Å². The molecule has 2 rings (SSSR count). The number of benzene rings is 1. The predicted octanol–water partition coefficient (Wildman–Crippen LogP) is 1.55. The van der Waals surface area contributed by atoms with E-state index in [2.05, 4.69) is 11.4 Å². The van der Waals surface area contributed by atoms with Crippen LogP contribution in [-0.2, 0) is 9.53 Å². The maximum atomic E-state index is 12.0. The van der Waals surface area contributed by atoms with Crippen LogP contribution in [0.15, 0.2) is 18.2 Å². The monoisotopic (exact) mass is 293 g/mol. The number of hydrogen-bond acceptors (Lipinski definition) is 5. The molecule has 0 aliphatic carbocycles. The first kappa shape index (κ1) is 14.6. The largest absolute Gasteiger partial charge is 0.464 e. The molecule has 1 N–H and O–H groups in total. The molecule has 1 aliphatic rings. The molecule has 1 aromatic carbocycles. The number of carbonyl (C=O) groups excluding carboxylic acids is 1. The average molecular weight is 294 g/mol. The van der Waals surface area contributed by atoms with Crippen molar-refractivity contribution in [3.8, 4) is 6.07 Å². The molecular formula is C14H16ClN3O2. The number of rotatable bonds is 3. The fourth-order valence-electron chi connectivity index (χ4n) is 2.29. The second kappa shape index (κ2) is 6.60. The molecule has 1 unspecified atom stereocenters. The van der Waals surface area contributed by atoms with Gasteiger partial charge in [-0.1, -0.05) is 11.6 Å². The van der Waals surface area contributed by atoms with Crippen LogP contribution in [0.5, 0.6) is 0 Å². The minimum atomic E-state index is -0.419. The van der Waals surface area contributed by atoms with Crippen molar-refractivity contribution in [3.63, 3.8) is 0 Å². The van der Waals surface area contributed by atoms with Crippen molar-refractivity contribution >= 4 is 23.3 Å². The normalized spacial score (nSPS) is 18.4. The molecule has 1 aliphatic heterocycles. The highest BCUT2D eigenvalue weighted by atomic mass is 35.5. The highest BCUT2D eigenvalue weighted by Gasteiger charge is 2.31. The Morgan fingerprint density at radius 2 is 2.45 bits per heavy atom. The van der Waals surface area contributed by atoms with Gasteiger partial charge in [0.05, 0.1) is 17.9 Å². The van der Waals surface area contributed by atoms with Crippen molar-refractivity contribution in [1.82, 2.24) is 5.32 Å². The van der Waals surface area contributed by atoms with Crippen LogP contribution in [-0.4, -0.2) is 38.3 Å². The molecule has 6 heteroatoms. The van der Waals surface area contributed by atoms with Crippen molar-refractivity contribution in [3.05, 3.63) is 28.8 Å². The Kier molecular flexibility index (Phi) is 4.83. The molecule has 0 radical (unpaired) electrons. The number of hydrogen-bond donors (Lipinski definition) is 1. The SMILES string of the molecule is CCOC(=O)C1CNCCN1c1ccc(Cl)cc1C#N. The van der Waals surface area contributed by atoms with Crippen LogP contribution in [0, 0.1) is 11.3 Å². The molecule has 1 fully saturated rings. The Morgan fingerprint density at radius 3 is 3.15 bits per heavy atom. The number of carbonyl (C=O) groups is 1. The minimum absolute atomic E-state index is 0.279. The molecule has 1 heterocycles. The van der Waals surface area contributed by atoms with Crippen molar-refractivity contribution in [2.24, 2.45) is 0 Å². The number of nitriles is 1. The lowest BCUT2D eigenvalue weighted by Gasteiger charge is -2.36. The molecule has 1 atom stereocenters. The highest BCUT2D eigenvalue weighted by molar-refractivity contribution is 6.30. The van der Waals surface area contributed by atoms with Crippen LogP contribution in [0.3, 0.4) is 0 Å². The Hall–Kier alpha value is -1.77. The van der Waals surface area contributed by atoms with Gasteiger partial charge in [0.15, 0.2) is 0 Å². The van der Waals surface area contributed by atoms with Crippen LogP contribution in [0.25, 0.3) is 0 Å². The van der Waals surface area contributed by atoms with Gasteiger partial charge in [0, 0.05) is 24.7 Å². The molecule has 0 saturated carbocycles. The van der Waals surface area contributed by atoms with Gasteiger partial charge in [-0.15, -0.1) is 0 Å². The van der Waals surface area contributed by atoms with E-state index >= 15 is 0 Å². The summed E-state index contributed by atoms with van der Waals surface area (Å²) < 4.78 is 5.10. The molecular weight excluding hydrogens is 278 g/mol. The van der Waals surface area contributed by atoms with Gasteiger partial charge in [0.1, 0.15) is 12.1 Å². The zero-order chi connectivity index (χ0) is 14.5. The highest BCUT2D eigenvalue weighted by Crippen LogP contribution is 2.26. The first-order valence-corrected chi connectivity index (χ1v) is 6.88. The topological polar surface area (TPSA) is 65.4 Å². The molecule has 1 aromatic rings. The Morgan fingerprint density at radius 1 is 1.65 bits per heavy atom. The number of nitrogens with one attached hydrogen (secondary N) is 1. The van der Waals surface area contributed by atoms with Crippen molar-refractivity contribution in [1.29, 1.82) is 5.26 Å². The van der Waals surface area contributed by atoms with Gasteiger partial charge >= 0.3 is 5.97 Å². The van der Waals surface area contributed by atoms with E-state index in [-0.39, 0.29) is 5.97 Å². The first-order chi connectivity index (χ1) is 9.67. The minimum Gasteiger partial charge on any atom is -0.464 e. The third kappa shape index (κ3) is 3.03. The van der Waals surface area contributed by atoms with Crippen LogP contribution in [0.1, 0.15) is 12.5 Å². The van der Waals surface area contributed by atoms with E-state index in [1.807, 2.05) is 4.90 Å². The van der Waals surface area contributed by atoms with Gasteiger partial charge in [0.2, 0.25) is 0 Å². The van der Waals surface area contributed by atoms with E-state index in [4.69, 9.17) is 16.3 Å². The molecule has 20 heavy (non-hydrogen) atoms. The zero-order valence-electron chi connectivity index (χ0n) is 11.2. The quantitative estimate of drug-likeness (QED) is 0.857. The zero-order valence-corrected chi connectivity index (χ0v) is 12.0. The Balaban J connectivity index is 2.33. The second-order valence-electron chi connectivity index (χ2n) is 4.44. The summed E-state index contributed by atoms with van der Waals surface area (Å²) >= 11 is 5.91. The smallest absolute Gasteiger partial charge is 0.330 e. The maximum Gasteiger partial charge on any atom is 0.330 e. The van der Waals surface area contributed by atoms with Gasteiger partial charge in [-0.25, -0.2) is 4.79 Å². The van der Waals surface area contributed by atoms with E-state index in [0.29, 0.717) is 30.3 Å². The first-order valence-electron chi connectivity index (χ1n) is 6.51. The second-order valence-corrected chi connectivity index (χ2v) is 4.88. The fourth-order valence-corrected chi connectivity index (χ4v) is 2.46. The fraction of sp³-hybridized carbons (Fsp3) is 0.429. The van der Waals surface area contributed by atoms with Crippen molar-refractivity contribution < 1.29 is 9.53 Å². The lowest BCUT2D eigenvalue weighted by Crippen LogP contribution is -2.55. The maximum absolute atomic E-state index is 12.0. The molecule has 0 spiro atoms. The number of nitrogens with zero attached hydrogens (tertiary/aromatic N) is 2. The predicted molar refractivity (Wildman–Crippen MR) is 76.8 cm³/mol. The van der Waals surface area contributed by atoms with E-state index in [9.17, 15) is 10.1 Å². The Labute approximate surface area is 123 Å². The van der Waals surface area contributed by atoms with Crippen molar-refractivity contribution in [2.75, 3.05) is 31.1 Å². The Bertz CT molecular complexity index is 542. The molecule has 0 aromatic heterocycles. The van der Waals surface area contributed by atoms with E-state index < -0.39 is 6.04 Å². The number of piperazine rings is 1. The van der Waals surface area contributed by atoms with Gasteiger partial charge < -0.3 is 15.0 Å². The molecule has 5 nitrogen and oxygen atoms in total. The summed E-state index contributed by atoms with van der Waals surface area (Å²) in [6.07, 6.45) is 0. The summed E-state index contributed by atoms with van der Waals surface area (Å²) in [4.78, 5) is 13.9. The number of ether oxygens (including phenoxy) is 1. The summed E-state index contributed by atoms with van der Waals surface area (Å²) in [5, 5.41) is 12.9. The number of anilines is 1.